The zero-order chi connectivity index (χ0) is 26.3. The number of anilines is 3. The lowest BCUT2D eigenvalue weighted by Crippen LogP contribution is -2.31. The van der Waals surface area contributed by atoms with E-state index in [-0.39, 0.29) is 11.1 Å². The number of nitrogens with zero attached hydrogens (tertiary/aromatic N) is 3. The zero-order valence-corrected chi connectivity index (χ0v) is 21.8. The molecule has 38 heavy (non-hydrogen) atoms. The molecule has 0 radical (unpaired) electrons. The van der Waals surface area contributed by atoms with Crippen molar-refractivity contribution in [3.63, 3.8) is 0 Å². The molecule has 184 valence electrons. The predicted octanol–water partition coefficient (Wildman–Crippen LogP) is 9.49. The van der Waals surface area contributed by atoms with E-state index in [1.54, 1.807) is 0 Å². The average molecular weight is 492 g/mol. The van der Waals surface area contributed by atoms with Crippen LogP contribution in [0.15, 0.2) is 102 Å². The van der Waals surface area contributed by atoms with Crippen LogP contribution >= 0.6 is 0 Å². The standard InChI is InChI=1S/C35H29N3/c1-35(2)22-29(32(23-36)37-3)21-28-20-27(16-19-31(28)35)24-14-17-30(18-15-24)38-33-10-6-4-8-25(33)12-13-26-9-5-7-11-34(26)38/h4-15,17-18,20-21,31H,16,19,22H2,1-2H3/b32-29+. The summed E-state index contributed by atoms with van der Waals surface area (Å²) in [5.41, 5.74) is 10.8. The topological polar surface area (TPSA) is 31.4 Å². The smallest absolute Gasteiger partial charge is 0.265 e. The van der Waals surface area contributed by atoms with Crippen LogP contribution in [0, 0.1) is 29.2 Å². The predicted molar refractivity (Wildman–Crippen MR) is 156 cm³/mol. The third-order valence-corrected chi connectivity index (χ3v) is 8.19. The van der Waals surface area contributed by atoms with Gasteiger partial charge < -0.3 is 4.90 Å². The van der Waals surface area contributed by atoms with Crippen LogP contribution in [0.1, 0.15) is 49.8 Å². The molecule has 0 saturated heterocycles. The Kier molecular flexibility index (Phi) is 5.86. The molecule has 1 aliphatic heterocycles. The highest BCUT2D eigenvalue weighted by Crippen LogP contribution is 2.50. The van der Waals surface area contributed by atoms with Crippen molar-refractivity contribution in [3.05, 3.63) is 130 Å². The number of allylic oxidation sites excluding steroid dienone is 6. The first-order valence-electron chi connectivity index (χ1n) is 13.2. The second kappa shape index (κ2) is 9.37. The van der Waals surface area contributed by atoms with Crippen LogP contribution in [-0.2, 0) is 0 Å². The summed E-state index contributed by atoms with van der Waals surface area (Å²) in [4.78, 5) is 5.84. The zero-order valence-electron chi connectivity index (χ0n) is 21.8. The summed E-state index contributed by atoms with van der Waals surface area (Å²) in [5, 5.41) is 9.47. The first-order chi connectivity index (χ1) is 18.5. The molecule has 0 spiro atoms. The maximum atomic E-state index is 9.47. The van der Waals surface area contributed by atoms with Gasteiger partial charge in [-0.1, -0.05) is 86.7 Å². The molecule has 3 aromatic carbocycles. The molecule has 1 atom stereocenters. The number of hydrogen-bond acceptors (Lipinski definition) is 2. The van der Waals surface area contributed by atoms with Gasteiger partial charge in [-0.05, 0) is 88.3 Å². The minimum absolute atomic E-state index is 0.0275. The lowest BCUT2D eigenvalue weighted by atomic mass is 9.62. The minimum atomic E-state index is 0.0275. The Bertz CT molecular complexity index is 1570. The van der Waals surface area contributed by atoms with Gasteiger partial charge in [-0.2, -0.15) is 0 Å². The molecule has 0 saturated carbocycles. The van der Waals surface area contributed by atoms with Crippen LogP contribution < -0.4 is 4.90 Å². The maximum absolute atomic E-state index is 9.47. The van der Waals surface area contributed by atoms with Crippen LogP contribution in [0.3, 0.4) is 0 Å². The van der Waals surface area contributed by atoms with Crippen LogP contribution in [0.5, 0.6) is 0 Å². The van der Waals surface area contributed by atoms with E-state index in [4.69, 9.17) is 6.57 Å². The van der Waals surface area contributed by atoms with E-state index in [0.29, 0.717) is 5.92 Å². The number of benzene rings is 3. The Labute approximate surface area is 225 Å². The molecule has 0 N–H and O–H groups in total. The van der Waals surface area contributed by atoms with Gasteiger partial charge in [0.2, 0.25) is 0 Å². The summed E-state index contributed by atoms with van der Waals surface area (Å²) >= 11 is 0. The summed E-state index contributed by atoms with van der Waals surface area (Å²) in [6, 6.07) is 28.1. The van der Waals surface area contributed by atoms with Crippen molar-refractivity contribution >= 4 is 34.8 Å². The highest BCUT2D eigenvalue weighted by atomic mass is 15.1. The van der Waals surface area contributed by atoms with Gasteiger partial charge in [0.05, 0.1) is 24.0 Å². The highest BCUT2D eigenvalue weighted by Gasteiger charge is 2.38. The number of hydrogen-bond donors (Lipinski definition) is 0. The third kappa shape index (κ3) is 4.07. The molecular weight excluding hydrogens is 462 g/mol. The average Bonchev–Trinajstić information content (AvgIpc) is 3.10. The van der Waals surface area contributed by atoms with Gasteiger partial charge >= 0.3 is 0 Å². The molecule has 0 aromatic heterocycles. The van der Waals surface area contributed by atoms with E-state index in [1.165, 1.54) is 39.2 Å². The molecule has 0 amide bonds. The number of fused-ring (bicyclic) bond motifs is 3. The van der Waals surface area contributed by atoms with Gasteiger partial charge in [-0.3, -0.25) is 0 Å². The molecule has 3 nitrogen and oxygen atoms in total. The lowest BCUT2D eigenvalue weighted by Gasteiger charge is -2.42. The fourth-order valence-corrected chi connectivity index (χ4v) is 6.32. The Balaban J connectivity index is 1.39. The molecular formula is C35H29N3. The molecule has 2 aliphatic carbocycles. The van der Waals surface area contributed by atoms with Gasteiger partial charge in [-0.15, -0.1) is 0 Å². The molecule has 3 aromatic rings. The van der Waals surface area contributed by atoms with Gasteiger partial charge in [0, 0.05) is 5.69 Å². The Morgan fingerprint density at radius 2 is 1.55 bits per heavy atom. The van der Waals surface area contributed by atoms with Crippen molar-refractivity contribution in [2.45, 2.75) is 33.1 Å². The van der Waals surface area contributed by atoms with Crippen LogP contribution in [-0.4, -0.2) is 0 Å². The normalized spacial score (nSPS) is 20.4. The number of para-hydroxylation sites is 2. The van der Waals surface area contributed by atoms with Gasteiger partial charge in [0.15, 0.2) is 0 Å². The van der Waals surface area contributed by atoms with Crippen molar-refractivity contribution in [2.75, 3.05) is 4.90 Å². The largest absolute Gasteiger partial charge is 0.309 e. The third-order valence-electron chi connectivity index (χ3n) is 8.19. The summed E-state index contributed by atoms with van der Waals surface area (Å²) in [5.74, 6) is 0.442. The second-order valence-electron chi connectivity index (χ2n) is 11.0. The first kappa shape index (κ1) is 23.8. The summed E-state index contributed by atoms with van der Waals surface area (Å²) < 4.78 is 0. The number of rotatable bonds is 2. The summed E-state index contributed by atoms with van der Waals surface area (Å²) in [6.45, 7) is 12.0. The highest BCUT2D eigenvalue weighted by molar-refractivity contribution is 5.93. The molecule has 6 rings (SSSR count). The second-order valence-corrected chi connectivity index (χ2v) is 11.0. The van der Waals surface area contributed by atoms with E-state index in [2.05, 4.69) is 127 Å². The van der Waals surface area contributed by atoms with E-state index in [1.807, 2.05) is 0 Å². The SMILES string of the molecule is [C-]#[N+]/C(C#N)=C1\C=C2C=C(c3ccc(N4c5ccccc5C=Cc5ccccc54)cc3)CCC2C(C)(C)C1. The molecule has 3 heteroatoms. The van der Waals surface area contributed by atoms with Crippen LogP contribution in [0.2, 0.25) is 0 Å². The monoisotopic (exact) mass is 491 g/mol. The molecule has 0 fully saturated rings. The summed E-state index contributed by atoms with van der Waals surface area (Å²) in [6.07, 6.45) is 11.7. The molecule has 1 heterocycles. The van der Waals surface area contributed by atoms with E-state index < -0.39 is 0 Å². The van der Waals surface area contributed by atoms with Gasteiger partial charge in [0.25, 0.3) is 5.70 Å². The van der Waals surface area contributed by atoms with E-state index >= 15 is 0 Å². The van der Waals surface area contributed by atoms with Gasteiger partial charge in [0.1, 0.15) is 0 Å². The van der Waals surface area contributed by atoms with Crippen LogP contribution in [0.4, 0.5) is 17.1 Å². The quantitative estimate of drug-likeness (QED) is 0.206. The minimum Gasteiger partial charge on any atom is -0.309 e. The Morgan fingerprint density at radius 3 is 2.16 bits per heavy atom. The fourth-order valence-electron chi connectivity index (χ4n) is 6.32. The van der Waals surface area contributed by atoms with Crippen molar-refractivity contribution < 1.29 is 0 Å². The van der Waals surface area contributed by atoms with E-state index in [0.717, 1.165) is 30.5 Å². The van der Waals surface area contributed by atoms with Gasteiger partial charge in [-0.25, -0.2) is 10.1 Å². The molecule has 3 aliphatic rings. The van der Waals surface area contributed by atoms with Crippen LogP contribution in [0.25, 0.3) is 22.6 Å². The van der Waals surface area contributed by atoms with Crippen molar-refractivity contribution in [3.8, 4) is 6.07 Å². The fraction of sp³-hybridized carbons (Fsp3) is 0.200. The van der Waals surface area contributed by atoms with E-state index in [9.17, 15) is 5.26 Å². The molecule has 0 bridgehead atoms. The Morgan fingerprint density at radius 1 is 0.921 bits per heavy atom. The lowest BCUT2D eigenvalue weighted by molar-refractivity contribution is 0.227. The number of nitriles is 1. The van der Waals surface area contributed by atoms with Crippen molar-refractivity contribution in [1.29, 1.82) is 5.26 Å². The van der Waals surface area contributed by atoms with Crippen molar-refractivity contribution in [1.82, 2.24) is 0 Å². The van der Waals surface area contributed by atoms with Crippen molar-refractivity contribution in [2.24, 2.45) is 11.3 Å². The molecule has 1 unspecified atom stereocenters. The Hall–Kier alpha value is -4.60. The maximum Gasteiger partial charge on any atom is 0.265 e. The summed E-state index contributed by atoms with van der Waals surface area (Å²) in [7, 11) is 0. The first-order valence-corrected chi connectivity index (χ1v) is 13.2.